The molecule has 1 aromatic rings. The molecule has 106 valence electrons. The van der Waals surface area contributed by atoms with E-state index in [1.54, 1.807) is 6.20 Å². The van der Waals surface area contributed by atoms with Crippen LogP contribution in [0.4, 0.5) is 0 Å². The molecule has 4 heteroatoms. The fourth-order valence-electron chi connectivity index (χ4n) is 3.22. The summed E-state index contributed by atoms with van der Waals surface area (Å²) in [6, 6.07) is 2.49. The minimum atomic E-state index is 0.318. The van der Waals surface area contributed by atoms with Gasteiger partial charge in [0, 0.05) is 23.7 Å². The average molecular weight is 270 g/mol. The first-order valence-electron chi connectivity index (χ1n) is 7.35. The molecule has 20 heavy (non-hydrogen) atoms. The number of hydrogen-bond donors (Lipinski definition) is 3. The standard InChI is InChI=1S/C16H22N4/c1-11-13(4-8-19-11)16-14(5-9-20-15(16)10-17)12-2-6-18-7-3-12/h4-5,8-12,18-19H,2-3,6-7,17H2,1H3/b15-10+,16-13-. The van der Waals surface area contributed by atoms with Crippen LogP contribution in [0.25, 0.3) is 11.8 Å². The maximum Gasteiger partial charge on any atom is 0.0862 e. The van der Waals surface area contributed by atoms with Gasteiger partial charge >= 0.3 is 0 Å². The summed E-state index contributed by atoms with van der Waals surface area (Å²) in [6.07, 6.45) is 10.0. The lowest BCUT2D eigenvalue weighted by molar-refractivity contribution is 0.458. The molecule has 0 aromatic carbocycles. The second-order valence-corrected chi connectivity index (χ2v) is 5.53. The average Bonchev–Trinajstić information content (AvgIpc) is 2.93. The summed E-state index contributed by atoms with van der Waals surface area (Å²) >= 11 is 0. The van der Waals surface area contributed by atoms with Gasteiger partial charge in [0.25, 0.3) is 0 Å². The predicted octanol–water partition coefficient (Wildman–Crippen LogP) is -0.0986. The number of aromatic nitrogens is 1. The summed E-state index contributed by atoms with van der Waals surface area (Å²) < 4.78 is 0. The van der Waals surface area contributed by atoms with E-state index < -0.39 is 0 Å². The highest BCUT2D eigenvalue weighted by Gasteiger charge is 2.20. The molecule has 2 aliphatic rings. The first kappa shape index (κ1) is 13.2. The maximum atomic E-state index is 5.80. The Kier molecular flexibility index (Phi) is 3.74. The molecule has 1 aromatic heterocycles. The van der Waals surface area contributed by atoms with E-state index in [9.17, 15) is 0 Å². The summed E-state index contributed by atoms with van der Waals surface area (Å²) in [6.45, 7) is 4.36. The van der Waals surface area contributed by atoms with Crippen LogP contribution in [0.15, 0.2) is 24.5 Å². The number of hydrogen-bond acceptors (Lipinski definition) is 4. The van der Waals surface area contributed by atoms with Crippen molar-refractivity contribution in [2.45, 2.75) is 31.7 Å². The topological polar surface area (TPSA) is 63.0 Å². The summed E-state index contributed by atoms with van der Waals surface area (Å²) in [5.74, 6) is 0.599. The van der Waals surface area contributed by atoms with Crippen molar-refractivity contribution in [2.24, 2.45) is 5.73 Å². The lowest BCUT2D eigenvalue weighted by atomic mass is 9.87. The van der Waals surface area contributed by atoms with Crippen molar-refractivity contribution in [1.29, 1.82) is 0 Å². The highest BCUT2D eigenvalue weighted by Crippen LogP contribution is 2.22. The lowest BCUT2D eigenvalue weighted by Crippen LogP contribution is -2.39. The molecule has 3 heterocycles. The SMILES string of the molecule is CC1NC=C/C1=c1\c(C2CCNCC2)ccn\c1=C\N. The van der Waals surface area contributed by atoms with Gasteiger partial charge < -0.3 is 16.4 Å². The van der Waals surface area contributed by atoms with Crippen LogP contribution in [0.1, 0.15) is 31.2 Å². The molecule has 2 aliphatic heterocycles. The molecule has 1 atom stereocenters. The Balaban J connectivity index is 2.23. The molecular weight excluding hydrogens is 248 g/mol. The maximum absolute atomic E-state index is 5.80. The van der Waals surface area contributed by atoms with Crippen molar-refractivity contribution in [1.82, 2.24) is 15.6 Å². The first-order chi connectivity index (χ1) is 9.81. The number of nitrogens with two attached hydrogens (primary N) is 1. The third-order valence-electron chi connectivity index (χ3n) is 4.31. The third kappa shape index (κ3) is 2.31. The summed E-state index contributed by atoms with van der Waals surface area (Å²) in [7, 11) is 0. The molecule has 0 spiro atoms. The van der Waals surface area contributed by atoms with Crippen molar-refractivity contribution >= 4 is 11.8 Å². The molecular formula is C16H22N4. The monoisotopic (exact) mass is 270 g/mol. The Morgan fingerprint density at radius 3 is 2.80 bits per heavy atom. The van der Waals surface area contributed by atoms with Crippen molar-refractivity contribution in [3.8, 4) is 0 Å². The van der Waals surface area contributed by atoms with Crippen LogP contribution in [0.2, 0.25) is 0 Å². The van der Waals surface area contributed by atoms with Gasteiger partial charge in [0.1, 0.15) is 0 Å². The minimum Gasteiger partial charge on any atom is -0.403 e. The molecule has 0 radical (unpaired) electrons. The van der Waals surface area contributed by atoms with Crippen LogP contribution in [0.3, 0.4) is 0 Å². The second-order valence-electron chi connectivity index (χ2n) is 5.53. The van der Waals surface area contributed by atoms with Gasteiger partial charge in [-0.3, -0.25) is 4.98 Å². The first-order valence-corrected chi connectivity index (χ1v) is 7.35. The lowest BCUT2D eigenvalue weighted by Gasteiger charge is -2.24. The number of rotatable bonds is 1. The molecule has 1 saturated heterocycles. The van der Waals surface area contributed by atoms with Crippen LogP contribution in [0.5, 0.6) is 0 Å². The van der Waals surface area contributed by atoms with Gasteiger partial charge in [-0.15, -0.1) is 0 Å². The van der Waals surface area contributed by atoms with Gasteiger partial charge in [0.05, 0.1) is 5.35 Å². The van der Waals surface area contributed by atoms with E-state index in [1.165, 1.54) is 29.2 Å². The molecule has 0 bridgehead atoms. The van der Waals surface area contributed by atoms with E-state index in [0.717, 1.165) is 18.4 Å². The van der Waals surface area contributed by atoms with Crippen molar-refractivity contribution in [3.63, 3.8) is 0 Å². The largest absolute Gasteiger partial charge is 0.403 e. The predicted molar refractivity (Wildman–Crippen MR) is 82.1 cm³/mol. The van der Waals surface area contributed by atoms with Crippen LogP contribution in [-0.4, -0.2) is 24.1 Å². The quantitative estimate of drug-likeness (QED) is 0.667. The van der Waals surface area contributed by atoms with Gasteiger partial charge in [0.2, 0.25) is 0 Å². The molecule has 0 saturated carbocycles. The fourth-order valence-corrected chi connectivity index (χ4v) is 3.22. The van der Waals surface area contributed by atoms with E-state index in [0.29, 0.717) is 12.0 Å². The highest BCUT2D eigenvalue weighted by molar-refractivity contribution is 5.65. The molecule has 4 N–H and O–H groups in total. The Morgan fingerprint density at radius 2 is 2.15 bits per heavy atom. The van der Waals surface area contributed by atoms with Gasteiger partial charge in [-0.05, 0) is 68.3 Å². The summed E-state index contributed by atoms with van der Waals surface area (Å²) in [4.78, 5) is 4.45. The third-order valence-corrected chi connectivity index (χ3v) is 4.31. The number of pyridine rings is 1. The molecule has 3 rings (SSSR count). The number of nitrogens with one attached hydrogen (secondary N) is 2. The summed E-state index contributed by atoms with van der Waals surface area (Å²) in [5.41, 5.74) is 8.50. The van der Waals surface area contributed by atoms with Gasteiger partial charge in [-0.1, -0.05) is 0 Å². The number of piperidine rings is 1. The van der Waals surface area contributed by atoms with Crippen molar-refractivity contribution in [2.75, 3.05) is 13.1 Å². The summed E-state index contributed by atoms with van der Waals surface area (Å²) in [5, 5.41) is 8.90. The molecule has 1 fully saturated rings. The Bertz CT molecular complexity index is 626. The van der Waals surface area contributed by atoms with Crippen LogP contribution in [-0.2, 0) is 0 Å². The van der Waals surface area contributed by atoms with E-state index in [2.05, 4.69) is 34.7 Å². The highest BCUT2D eigenvalue weighted by atomic mass is 14.9. The minimum absolute atomic E-state index is 0.318. The zero-order valence-electron chi connectivity index (χ0n) is 11.9. The number of nitrogens with zero attached hydrogens (tertiary/aromatic N) is 1. The zero-order valence-corrected chi connectivity index (χ0v) is 11.9. The van der Waals surface area contributed by atoms with Gasteiger partial charge in [0.15, 0.2) is 0 Å². The van der Waals surface area contributed by atoms with Gasteiger partial charge in [-0.25, -0.2) is 0 Å². The fraction of sp³-hybridized carbons (Fsp3) is 0.438. The smallest absolute Gasteiger partial charge is 0.0862 e. The van der Waals surface area contributed by atoms with Gasteiger partial charge in [-0.2, -0.15) is 0 Å². The Hall–Kier alpha value is -1.81. The Morgan fingerprint density at radius 1 is 1.35 bits per heavy atom. The van der Waals surface area contributed by atoms with Crippen molar-refractivity contribution < 1.29 is 0 Å². The normalized spacial score (nSPS) is 26.9. The van der Waals surface area contributed by atoms with E-state index in [4.69, 9.17) is 5.73 Å². The molecule has 4 nitrogen and oxygen atoms in total. The molecule has 1 unspecified atom stereocenters. The van der Waals surface area contributed by atoms with E-state index in [1.807, 2.05) is 12.4 Å². The van der Waals surface area contributed by atoms with Crippen LogP contribution >= 0.6 is 0 Å². The second kappa shape index (κ2) is 5.67. The van der Waals surface area contributed by atoms with E-state index >= 15 is 0 Å². The Labute approximate surface area is 119 Å². The van der Waals surface area contributed by atoms with E-state index in [-0.39, 0.29) is 0 Å². The van der Waals surface area contributed by atoms with Crippen LogP contribution < -0.4 is 26.9 Å². The van der Waals surface area contributed by atoms with Crippen LogP contribution in [0, 0.1) is 0 Å². The zero-order chi connectivity index (χ0) is 13.9. The van der Waals surface area contributed by atoms with Crippen molar-refractivity contribution in [3.05, 3.63) is 40.7 Å². The molecule has 0 amide bonds. The molecule has 0 aliphatic carbocycles.